The molecule has 3 heteroatoms. The van der Waals surface area contributed by atoms with Crippen molar-refractivity contribution < 1.29 is 9.53 Å². The molecule has 0 radical (unpaired) electrons. The molecule has 1 aliphatic heterocycles. The summed E-state index contributed by atoms with van der Waals surface area (Å²) in [5.74, 6) is -0.476. The molecule has 0 saturated heterocycles. The molecule has 1 N–H and O–H groups in total. The van der Waals surface area contributed by atoms with Crippen LogP contribution < -0.4 is 0 Å². The maximum Gasteiger partial charge on any atom is 0.345 e. The lowest BCUT2D eigenvalue weighted by Gasteiger charge is -1.88. The Bertz CT molecular complexity index is 312. The van der Waals surface area contributed by atoms with E-state index in [2.05, 4.69) is 4.74 Å². The second-order valence-electron chi connectivity index (χ2n) is 2.26. The van der Waals surface area contributed by atoms with Gasteiger partial charge in [-0.25, -0.2) is 4.79 Å². The van der Waals surface area contributed by atoms with Crippen molar-refractivity contribution in [1.29, 1.82) is 5.41 Å². The number of carbonyl (C=O) groups excluding carboxylic acids is 1. The SMILES string of the molecule is CC.N=C1OC(=O)c2ccccc21. The number of esters is 1. The summed E-state index contributed by atoms with van der Waals surface area (Å²) in [7, 11) is 0. The Balaban J connectivity index is 0.000000396. The van der Waals surface area contributed by atoms with E-state index in [1.54, 1.807) is 24.3 Å². The first-order valence-electron chi connectivity index (χ1n) is 4.19. The molecule has 1 aromatic carbocycles. The van der Waals surface area contributed by atoms with E-state index < -0.39 is 5.97 Å². The van der Waals surface area contributed by atoms with Crippen LogP contribution in [0.1, 0.15) is 29.8 Å². The van der Waals surface area contributed by atoms with E-state index in [1.165, 1.54) is 0 Å². The molecular formula is C10H11NO2. The summed E-state index contributed by atoms with van der Waals surface area (Å²) in [4.78, 5) is 10.9. The second kappa shape index (κ2) is 3.85. The smallest absolute Gasteiger partial charge is 0.345 e. The summed E-state index contributed by atoms with van der Waals surface area (Å²) in [5, 5.41) is 7.22. The number of carbonyl (C=O) groups is 1. The van der Waals surface area contributed by atoms with E-state index in [4.69, 9.17) is 5.41 Å². The molecule has 0 saturated carbocycles. The minimum atomic E-state index is -0.425. The molecule has 0 fully saturated rings. The van der Waals surface area contributed by atoms with Gasteiger partial charge in [-0.15, -0.1) is 0 Å². The van der Waals surface area contributed by atoms with E-state index in [9.17, 15) is 4.79 Å². The summed E-state index contributed by atoms with van der Waals surface area (Å²) >= 11 is 0. The number of ether oxygens (including phenoxy) is 1. The molecule has 0 aliphatic carbocycles. The fourth-order valence-corrected chi connectivity index (χ4v) is 1.06. The lowest BCUT2D eigenvalue weighted by molar-refractivity contribution is 0.0736. The molecule has 0 unspecified atom stereocenters. The Morgan fingerprint density at radius 2 is 1.69 bits per heavy atom. The van der Waals surface area contributed by atoms with Crippen LogP contribution in [-0.4, -0.2) is 11.9 Å². The van der Waals surface area contributed by atoms with Crippen molar-refractivity contribution in [3.63, 3.8) is 0 Å². The van der Waals surface area contributed by atoms with Crippen molar-refractivity contribution in [3.05, 3.63) is 35.4 Å². The summed E-state index contributed by atoms with van der Waals surface area (Å²) < 4.78 is 4.58. The monoisotopic (exact) mass is 177 g/mol. The summed E-state index contributed by atoms with van der Waals surface area (Å²) in [6.07, 6.45) is 0. The first kappa shape index (κ1) is 9.45. The molecule has 1 heterocycles. The third kappa shape index (κ3) is 1.59. The third-order valence-electron chi connectivity index (χ3n) is 1.59. The van der Waals surface area contributed by atoms with Crippen molar-refractivity contribution in [2.75, 3.05) is 0 Å². The Morgan fingerprint density at radius 3 is 2.23 bits per heavy atom. The van der Waals surface area contributed by atoms with Crippen LogP contribution in [0.4, 0.5) is 0 Å². The highest BCUT2D eigenvalue weighted by Crippen LogP contribution is 2.18. The fourth-order valence-electron chi connectivity index (χ4n) is 1.06. The number of hydrogen-bond donors (Lipinski definition) is 1. The quantitative estimate of drug-likeness (QED) is 0.617. The van der Waals surface area contributed by atoms with Gasteiger partial charge in [-0.1, -0.05) is 26.0 Å². The number of hydrogen-bond acceptors (Lipinski definition) is 3. The average molecular weight is 177 g/mol. The van der Waals surface area contributed by atoms with Crippen LogP contribution >= 0.6 is 0 Å². The van der Waals surface area contributed by atoms with Gasteiger partial charge in [-0.05, 0) is 12.1 Å². The molecule has 0 atom stereocenters. The van der Waals surface area contributed by atoms with E-state index in [0.717, 1.165) is 0 Å². The van der Waals surface area contributed by atoms with Gasteiger partial charge < -0.3 is 4.74 Å². The highest BCUT2D eigenvalue weighted by molar-refractivity contribution is 6.15. The van der Waals surface area contributed by atoms with Crippen molar-refractivity contribution in [2.24, 2.45) is 0 Å². The molecular weight excluding hydrogens is 166 g/mol. The normalized spacial score (nSPS) is 12.8. The topological polar surface area (TPSA) is 50.1 Å². The first-order chi connectivity index (χ1) is 6.29. The summed E-state index contributed by atoms with van der Waals surface area (Å²) in [6.45, 7) is 4.00. The van der Waals surface area contributed by atoms with Gasteiger partial charge in [0.15, 0.2) is 0 Å². The minimum absolute atomic E-state index is 0.0504. The van der Waals surface area contributed by atoms with Gasteiger partial charge in [0.2, 0.25) is 5.90 Å². The number of rotatable bonds is 0. The highest BCUT2D eigenvalue weighted by atomic mass is 16.5. The lowest BCUT2D eigenvalue weighted by atomic mass is 10.1. The van der Waals surface area contributed by atoms with Gasteiger partial charge in [-0.2, -0.15) is 0 Å². The van der Waals surface area contributed by atoms with Crippen molar-refractivity contribution in [1.82, 2.24) is 0 Å². The average Bonchev–Trinajstić information content (AvgIpc) is 2.47. The van der Waals surface area contributed by atoms with Gasteiger partial charge in [-0.3, -0.25) is 5.41 Å². The van der Waals surface area contributed by atoms with Gasteiger partial charge in [0, 0.05) is 0 Å². The first-order valence-corrected chi connectivity index (χ1v) is 4.19. The third-order valence-corrected chi connectivity index (χ3v) is 1.59. The fraction of sp³-hybridized carbons (Fsp3) is 0.200. The Kier molecular flexibility index (Phi) is 2.80. The van der Waals surface area contributed by atoms with Crippen LogP contribution in [0.5, 0.6) is 0 Å². The summed E-state index contributed by atoms with van der Waals surface area (Å²) in [6, 6.07) is 6.87. The number of cyclic esters (lactones) is 1. The number of benzene rings is 1. The van der Waals surface area contributed by atoms with Crippen LogP contribution in [0, 0.1) is 5.41 Å². The molecule has 0 bridgehead atoms. The van der Waals surface area contributed by atoms with Gasteiger partial charge >= 0.3 is 5.97 Å². The predicted octanol–water partition coefficient (Wildman–Crippen LogP) is 2.21. The van der Waals surface area contributed by atoms with Gasteiger partial charge in [0.25, 0.3) is 0 Å². The Labute approximate surface area is 76.9 Å². The zero-order valence-electron chi connectivity index (χ0n) is 7.63. The van der Waals surface area contributed by atoms with Gasteiger partial charge in [0.1, 0.15) is 0 Å². The zero-order valence-corrected chi connectivity index (χ0v) is 7.63. The largest absolute Gasteiger partial charge is 0.404 e. The maximum absolute atomic E-state index is 10.9. The van der Waals surface area contributed by atoms with E-state index in [1.807, 2.05) is 13.8 Å². The van der Waals surface area contributed by atoms with Crippen LogP contribution in [0.2, 0.25) is 0 Å². The molecule has 13 heavy (non-hydrogen) atoms. The molecule has 1 aromatic rings. The minimum Gasteiger partial charge on any atom is -0.404 e. The van der Waals surface area contributed by atoms with Crippen molar-refractivity contribution >= 4 is 11.9 Å². The van der Waals surface area contributed by atoms with Crippen LogP contribution in [0.15, 0.2) is 24.3 Å². The van der Waals surface area contributed by atoms with Crippen LogP contribution in [-0.2, 0) is 4.74 Å². The summed E-state index contributed by atoms with van der Waals surface area (Å²) in [5.41, 5.74) is 1.06. The maximum atomic E-state index is 10.9. The molecule has 68 valence electrons. The lowest BCUT2D eigenvalue weighted by Crippen LogP contribution is -1.96. The standard InChI is InChI=1S/C8H5NO2.C2H6/c9-7-5-3-1-2-4-6(5)8(10)11-7;1-2/h1-4,9H;1-2H3. The molecule has 2 rings (SSSR count). The van der Waals surface area contributed by atoms with Crippen molar-refractivity contribution in [3.8, 4) is 0 Å². The number of nitrogens with one attached hydrogen (secondary N) is 1. The molecule has 1 aliphatic rings. The van der Waals surface area contributed by atoms with E-state index in [0.29, 0.717) is 11.1 Å². The highest BCUT2D eigenvalue weighted by Gasteiger charge is 2.25. The molecule has 0 aromatic heterocycles. The predicted molar refractivity (Wildman–Crippen MR) is 50.0 cm³/mol. The Hall–Kier alpha value is -1.64. The molecule has 3 nitrogen and oxygen atoms in total. The van der Waals surface area contributed by atoms with E-state index >= 15 is 0 Å². The van der Waals surface area contributed by atoms with E-state index in [-0.39, 0.29) is 5.90 Å². The molecule has 0 amide bonds. The molecule has 0 spiro atoms. The van der Waals surface area contributed by atoms with Crippen LogP contribution in [0.25, 0.3) is 0 Å². The second-order valence-corrected chi connectivity index (χ2v) is 2.26. The zero-order chi connectivity index (χ0) is 9.84. The van der Waals surface area contributed by atoms with Gasteiger partial charge in [0.05, 0.1) is 11.1 Å². The number of fused-ring (bicyclic) bond motifs is 1. The van der Waals surface area contributed by atoms with Crippen molar-refractivity contribution in [2.45, 2.75) is 13.8 Å². The van der Waals surface area contributed by atoms with Crippen LogP contribution in [0.3, 0.4) is 0 Å². The Morgan fingerprint density at radius 1 is 1.15 bits per heavy atom.